The van der Waals surface area contributed by atoms with E-state index in [1.807, 2.05) is 13.8 Å². The normalized spacial score (nSPS) is 45.0. The molecule has 1 heterocycles. The van der Waals surface area contributed by atoms with E-state index < -0.39 is 0 Å². The summed E-state index contributed by atoms with van der Waals surface area (Å²) in [6.07, 6.45) is 8.69. The number of carbonyl (C=O) groups is 2. The molecule has 0 amide bonds. The second kappa shape index (κ2) is 6.59. The number of ketones is 2. The molecule has 2 unspecified atom stereocenters. The molecule has 1 saturated heterocycles. The number of hydrogen-bond acceptors (Lipinski definition) is 3. The fourth-order valence-corrected chi connectivity index (χ4v) is 5.11. The lowest BCUT2D eigenvalue weighted by Crippen LogP contribution is -2.49. The first-order valence-corrected chi connectivity index (χ1v) is 9.50. The quantitative estimate of drug-likeness (QED) is 0.691. The van der Waals surface area contributed by atoms with Crippen LogP contribution in [0.2, 0.25) is 0 Å². The molecule has 3 heteroatoms. The first kappa shape index (κ1) is 17.6. The molecule has 1 N–H and O–H groups in total. The molecular weight excluding hydrogens is 298 g/mol. The maximum Gasteiger partial charge on any atom is 0.141 e. The topological polar surface area (TPSA) is 46.2 Å². The standard InChI is InChI=1S/C21H31NO2/c1-13-6-5-7-17-10-15(3)16(4)18-11-22-12-21(17,18)19(23)9-8-14(2)20(13)24/h5,7,10,13-14,16-18,22H,6,8-9,11-12H2,1-4H3/b7-5+/t13?,14-,16+,17-,18+,21?/m0/s1. The molecule has 0 aromatic carbocycles. The predicted molar refractivity (Wildman–Crippen MR) is 96.5 cm³/mol. The van der Waals surface area contributed by atoms with Crippen LogP contribution < -0.4 is 5.32 Å². The fourth-order valence-electron chi connectivity index (χ4n) is 5.11. The van der Waals surface area contributed by atoms with Gasteiger partial charge in [-0.25, -0.2) is 0 Å². The summed E-state index contributed by atoms with van der Waals surface area (Å²) in [5.41, 5.74) is 1.08. The minimum Gasteiger partial charge on any atom is -0.315 e. The maximum atomic E-state index is 13.4. The zero-order chi connectivity index (χ0) is 17.5. The van der Waals surface area contributed by atoms with Gasteiger partial charge >= 0.3 is 0 Å². The molecule has 6 atom stereocenters. The van der Waals surface area contributed by atoms with Crippen LogP contribution in [0.15, 0.2) is 23.8 Å². The monoisotopic (exact) mass is 329 g/mol. The van der Waals surface area contributed by atoms with Crippen molar-refractivity contribution in [1.82, 2.24) is 5.32 Å². The minimum absolute atomic E-state index is 0.0172. The van der Waals surface area contributed by atoms with Crippen LogP contribution in [0.3, 0.4) is 0 Å². The van der Waals surface area contributed by atoms with Gasteiger partial charge in [-0.1, -0.05) is 44.6 Å². The van der Waals surface area contributed by atoms with Gasteiger partial charge in [0, 0.05) is 30.7 Å². The second-order valence-electron chi connectivity index (χ2n) is 8.33. The smallest absolute Gasteiger partial charge is 0.141 e. The summed E-state index contributed by atoms with van der Waals surface area (Å²) in [7, 11) is 0. The summed E-state index contributed by atoms with van der Waals surface area (Å²) in [5, 5.41) is 3.51. The molecule has 0 saturated carbocycles. The summed E-state index contributed by atoms with van der Waals surface area (Å²) in [6.45, 7) is 10.2. The minimum atomic E-state index is -0.314. The molecule has 0 radical (unpaired) electrons. The molecule has 132 valence electrons. The lowest BCUT2D eigenvalue weighted by Gasteiger charge is -2.45. The number of hydrogen-bond donors (Lipinski definition) is 1. The molecule has 2 aliphatic carbocycles. The highest BCUT2D eigenvalue weighted by Gasteiger charge is 2.55. The Morgan fingerprint density at radius 1 is 1.17 bits per heavy atom. The zero-order valence-corrected chi connectivity index (χ0v) is 15.5. The Hall–Kier alpha value is -1.22. The van der Waals surface area contributed by atoms with Crippen LogP contribution in [0.1, 0.15) is 47.0 Å². The molecule has 1 spiro atoms. The van der Waals surface area contributed by atoms with E-state index in [1.54, 1.807) is 0 Å². The molecule has 1 fully saturated rings. The van der Waals surface area contributed by atoms with Crippen LogP contribution >= 0.6 is 0 Å². The van der Waals surface area contributed by atoms with Gasteiger partial charge in [-0.05, 0) is 38.1 Å². The van der Waals surface area contributed by atoms with E-state index >= 15 is 0 Å². The second-order valence-corrected chi connectivity index (χ2v) is 8.33. The number of Topliss-reactive ketones (excluding diaryl/α,β-unsaturated/α-hetero) is 2. The largest absolute Gasteiger partial charge is 0.315 e. The highest BCUT2D eigenvalue weighted by atomic mass is 16.1. The predicted octanol–water partition coefficient (Wildman–Crippen LogP) is 3.55. The van der Waals surface area contributed by atoms with Crippen molar-refractivity contribution in [2.24, 2.45) is 35.0 Å². The van der Waals surface area contributed by atoms with Crippen molar-refractivity contribution in [2.45, 2.75) is 47.0 Å². The van der Waals surface area contributed by atoms with E-state index in [1.165, 1.54) is 5.57 Å². The molecule has 3 aliphatic rings. The van der Waals surface area contributed by atoms with Crippen LogP contribution in [0.5, 0.6) is 0 Å². The van der Waals surface area contributed by atoms with Gasteiger partial charge in [0.2, 0.25) is 0 Å². The molecule has 24 heavy (non-hydrogen) atoms. The third-order valence-electron chi connectivity index (χ3n) is 6.93. The summed E-state index contributed by atoms with van der Waals surface area (Å²) < 4.78 is 0. The van der Waals surface area contributed by atoms with E-state index in [-0.39, 0.29) is 23.2 Å². The van der Waals surface area contributed by atoms with Crippen molar-refractivity contribution >= 4 is 11.6 Å². The lowest BCUT2D eigenvalue weighted by molar-refractivity contribution is -0.133. The first-order chi connectivity index (χ1) is 11.4. The van der Waals surface area contributed by atoms with E-state index in [4.69, 9.17) is 0 Å². The maximum absolute atomic E-state index is 13.4. The van der Waals surface area contributed by atoms with Crippen molar-refractivity contribution in [3.8, 4) is 0 Å². The van der Waals surface area contributed by atoms with Crippen LogP contribution in [0.4, 0.5) is 0 Å². The third kappa shape index (κ3) is 2.71. The molecule has 0 aromatic rings. The van der Waals surface area contributed by atoms with Gasteiger partial charge < -0.3 is 5.32 Å². The summed E-state index contributed by atoms with van der Waals surface area (Å²) >= 11 is 0. The van der Waals surface area contributed by atoms with Gasteiger partial charge in [-0.2, -0.15) is 0 Å². The van der Waals surface area contributed by atoms with Gasteiger partial charge in [0.25, 0.3) is 0 Å². The Morgan fingerprint density at radius 3 is 2.67 bits per heavy atom. The number of rotatable bonds is 0. The molecule has 0 bridgehead atoms. The Labute approximate surface area is 146 Å². The Bertz CT molecular complexity index is 591. The van der Waals surface area contributed by atoms with Crippen LogP contribution in [0.25, 0.3) is 0 Å². The average molecular weight is 329 g/mol. The van der Waals surface area contributed by atoms with Gasteiger partial charge in [-0.15, -0.1) is 0 Å². The van der Waals surface area contributed by atoms with Crippen LogP contribution in [-0.2, 0) is 9.59 Å². The van der Waals surface area contributed by atoms with E-state index in [9.17, 15) is 9.59 Å². The van der Waals surface area contributed by atoms with Gasteiger partial charge in [0.05, 0.1) is 5.41 Å². The van der Waals surface area contributed by atoms with Gasteiger partial charge in [0.1, 0.15) is 11.6 Å². The third-order valence-corrected chi connectivity index (χ3v) is 6.93. The zero-order valence-electron chi connectivity index (χ0n) is 15.5. The molecular formula is C21H31NO2. The Balaban J connectivity index is 2.02. The summed E-state index contributed by atoms with van der Waals surface area (Å²) in [4.78, 5) is 25.8. The number of carbonyl (C=O) groups excluding carboxylic acids is 2. The molecule has 1 aliphatic heterocycles. The Kier molecular flexibility index (Phi) is 4.83. The van der Waals surface area contributed by atoms with Crippen molar-refractivity contribution in [3.63, 3.8) is 0 Å². The van der Waals surface area contributed by atoms with Crippen molar-refractivity contribution in [3.05, 3.63) is 23.8 Å². The van der Waals surface area contributed by atoms with E-state index in [0.29, 0.717) is 36.2 Å². The summed E-state index contributed by atoms with van der Waals surface area (Å²) in [6, 6.07) is 0. The van der Waals surface area contributed by atoms with Gasteiger partial charge in [0.15, 0.2) is 0 Å². The summed E-state index contributed by atoms with van der Waals surface area (Å²) in [5.74, 6) is 1.66. The number of nitrogens with one attached hydrogen (secondary N) is 1. The molecule has 0 aromatic heterocycles. The van der Waals surface area contributed by atoms with Gasteiger partial charge in [-0.3, -0.25) is 9.59 Å². The Morgan fingerprint density at radius 2 is 1.92 bits per heavy atom. The van der Waals surface area contributed by atoms with Crippen molar-refractivity contribution in [1.29, 1.82) is 0 Å². The fraction of sp³-hybridized carbons (Fsp3) is 0.714. The van der Waals surface area contributed by atoms with E-state index in [2.05, 4.69) is 37.4 Å². The number of allylic oxidation sites excluding steroid dienone is 4. The highest BCUT2D eigenvalue weighted by molar-refractivity contribution is 5.89. The molecule has 3 nitrogen and oxygen atoms in total. The van der Waals surface area contributed by atoms with Crippen molar-refractivity contribution < 1.29 is 9.59 Å². The van der Waals surface area contributed by atoms with Crippen molar-refractivity contribution in [2.75, 3.05) is 13.1 Å². The first-order valence-electron chi connectivity index (χ1n) is 9.50. The SMILES string of the molecule is CC1=C[C@@H]2/C=C/CC(C)C(=O)[C@@H](C)CCC(=O)C23CNC[C@@H]3[C@@H]1C. The lowest BCUT2D eigenvalue weighted by atomic mass is 9.56. The van der Waals surface area contributed by atoms with Crippen LogP contribution in [-0.4, -0.2) is 24.7 Å². The average Bonchev–Trinajstić information content (AvgIpc) is 3.01. The van der Waals surface area contributed by atoms with Crippen LogP contribution in [0, 0.1) is 35.0 Å². The molecule has 3 rings (SSSR count). The van der Waals surface area contributed by atoms with E-state index in [0.717, 1.165) is 19.5 Å². The highest BCUT2D eigenvalue weighted by Crippen LogP contribution is 2.51.